The Balaban J connectivity index is 1.43. The van der Waals surface area contributed by atoms with Crippen molar-refractivity contribution >= 4 is 22.9 Å². The lowest BCUT2D eigenvalue weighted by atomic mass is 10.1. The highest BCUT2D eigenvalue weighted by molar-refractivity contribution is 7.13. The number of amides is 1. The predicted molar refractivity (Wildman–Crippen MR) is 116 cm³/mol. The molecule has 4 rings (SSSR count). The fourth-order valence-electron chi connectivity index (χ4n) is 2.84. The van der Waals surface area contributed by atoms with Crippen molar-refractivity contribution in [2.45, 2.75) is 6.92 Å². The fourth-order valence-corrected chi connectivity index (χ4v) is 3.66. The minimum atomic E-state index is -0.209. The van der Waals surface area contributed by atoms with Crippen LogP contribution in [0.2, 0.25) is 0 Å². The number of pyridine rings is 1. The molecule has 6 heteroatoms. The second kappa shape index (κ2) is 8.67. The number of thiazole rings is 1. The van der Waals surface area contributed by atoms with E-state index in [1.54, 1.807) is 23.7 Å². The van der Waals surface area contributed by atoms with Crippen molar-refractivity contribution in [1.29, 1.82) is 0 Å². The summed E-state index contributed by atoms with van der Waals surface area (Å²) in [5.74, 6) is 0.501. The molecule has 5 nitrogen and oxygen atoms in total. The zero-order valence-electron chi connectivity index (χ0n) is 15.8. The van der Waals surface area contributed by atoms with E-state index in [0.717, 1.165) is 27.4 Å². The van der Waals surface area contributed by atoms with E-state index in [1.165, 1.54) is 0 Å². The molecule has 1 amide bonds. The van der Waals surface area contributed by atoms with Gasteiger partial charge in [-0.3, -0.25) is 9.78 Å². The van der Waals surface area contributed by atoms with Gasteiger partial charge in [0.1, 0.15) is 10.8 Å². The van der Waals surface area contributed by atoms with Gasteiger partial charge in [0.05, 0.1) is 5.69 Å². The van der Waals surface area contributed by atoms with Crippen LogP contribution in [0.4, 0.5) is 5.69 Å². The Morgan fingerprint density at radius 2 is 1.93 bits per heavy atom. The maximum absolute atomic E-state index is 12.3. The largest absolute Gasteiger partial charge is 0.483 e. The summed E-state index contributed by atoms with van der Waals surface area (Å²) in [6, 6.07) is 19.1. The number of rotatable bonds is 6. The molecule has 0 aliphatic rings. The predicted octanol–water partition coefficient (Wildman–Crippen LogP) is 5.20. The summed E-state index contributed by atoms with van der Waals surface area (Å²) in [6.07, 6.45) is 3.54. The van der Waals surface area contributed by atoms with Crippen LogP contribution in [0, 0.1) is 6.92 Å². The first-order valence-electron chi connectivity index (χ1n) is 9.14. The Labute approximate surface area is 173 Å². The molecule has 0 aliphatic heterocycles. The number of carbonyl (C=O) groups excluding carboxylic acids is 1. The van der Waals surface area contributed by atoms with Gasteiger partial charge < -0.3 is 10.1 Å². The van der Waals surface area contributed by atoms with Crippen molar-refractivity contribution in [2.24, 2.45) is 0 Å². The molecule has 0 spiro atoms. The van der Waals surface area contributed by atoms with Crippen molar-refractivity contribution in [2.75, 3.05) is 11.9 Å². The topological polar surface area (TPSA) is 64.1 Å². The quantitative estimate of drug-likeness (QED) is 0.482. The Hall–Kier alpha value is -3.51. The second-order valence-electron chi connectivity index (χ2n) is 6.46. The van der Waals surface area contributed by atoms with Gasteiger partial charge >= 0.3 is 0 Å². The zero-order chi connectivity index (χ0) is 20.1. The van der Waals surface area contributed by atoms with E-state index in [1.807, 2.05) is 73.0 Å². The summed E-state index contributed by atoms with van der Waals surface area (Å²) in [5.41, 5.74) is 4.49. The maximum Gasteiger partial charge on any atom is 0.262 e. The Morgan fingerprint density at radius 3 is 2.76 bits per heavy atom. The maximum atomic E-state index is 12.3. The van der Waals surface area contributed by atoms with Crippen LogP contribution in [0.15, 0.2) is 78.4 Å². The standard InChI is InChI=1S/C23H19N3O2S/c1-16-6-2-3-10-21(16)28-14-22(27)25-19-9-4-7-17(12-19)20-15-29-23(26-20)18-8-5-11-24-13-18/h2-13,15H,14H2,1H3,(H,25,27). The highest BCUT2D eigenvalue weighted by Gasteiger charge is 2.09. The van der Waals surface area contributed by atoms with Crippen molar-refractivity contribution in [3.8, 4) is 27.6 Å². The number of benzene rings is 2. The van der Waals surface area contributed by atoms with Gasteiger partial charge in [0, 0.05) is 34.6 Å². The monoisotopic (exact) mass is 401 g/mol. The number of hydrogen-bond acceptors (Lipinski definition) is 5. The second-order valence-corrected chi connectivity index (χ2v) is 7.32. The number of aromatic nitrogens is 2. The molecular weight excluding hydrogens is 382 g/mol. The lowest BCUT2D eigenvalue weighted by Gasteiger charge is -2.10. The van der Waals surface area contributed by atoms with Crippen LogP contribution in [0.25, 0.3) is 21.8 Å². The molecule has 2 aromatic carbocycles. The van der Waals surface area contributed by atoms with Gasteiger partial charge in [-0.15, -0.1) is 11.3 Å². The Kier molecular flexibility index (Phi) is 5.63. The number of ether oxygens (including phenoxy) is 1. The molecule has 0 saturated heterocycles. The van der Waals surface area contributed by atoms with Gasteiger partial charge in [-0.25, -0.2) is 4.98 Å². The average Bonchev–Trinajstić information content (AvgIpc) is 3.24. The van der Waals surface area contributed by atoms with Gasteiger partial charge in [-0.1, -0.05) is 30.3 Å². The minimum absolute atomic E-state index is 0.0447. The van der Waals surface area contributed by atoms with Crippen LogP contribution in [0.1, 0.15) is 5.56 Å². The number of para-hydroxylation sites is 1. The number of aryl methyl sites for hydroxylation is 1. The molecular formula is C23H19N3O2S. The number of hydrogen-bond donors (Lipinski definition) is 1. The van der Waals surface area contributed by atoms with Gasteiger partial charge in [0.15, 0.2) is 6.61 Å². The lowest BCUT2D eigenvalue weighted by Crippen LogP contribution is -2.20. The number of carbonyl (C=O) groups is 1. The Morgan fingerprint density at radius 1 is 1.07 bits per heavy atom. The van der Waals surface area contributed by atoms with Gasteiger partial charge in [0.25, 0.3) is 5.91 Å². The number of anilines is 1. The normalized spacial score (nSPS) is 10.5. The van der Waals surface area contributed by atoms with E-state index in [0.29, 0.717) is 11.4 Å². The molecule has 0 fully saturated rings. The molecule has 4 aromatic rings. The van der Waals surface area contributed by atoms with Crippen LogP contribution in [-0.4, -0.2) is 22.5 Å². The van der Waals surface area contributed by atoms with E-state index >= 15 is 0 Å². The van der Waals surface area contributed by atoms with E-state index in [4.69, 9.17) is 9.72 Å². The summed E-state index contributed by atoms with van der Waals surface area (Å²) < 4.78 is 5.61. The van der Waals surface area contributed by atoms with Crippen molar-refractivity contribution < 1.29 is 9.53 Å². The Bertz CT molecular complexity index is 1130. The fraction of sp³-hybridized carbons (Fsp3) is 0.0870. The SMILES string of the molecule is Cc1ccccc1OCC(=O)Nc1cccc(-c2csc(-c3cccnc3)n2)c1. The number of nitrogens with one attached hydrogen (secondary N) is 1. The summed E-state index contributed by atoms with van der Waals surface area (Å²) in [5, 5.41) is 5.80. The molecule has 2 heterocycles. The summed E-state index contributed by atoms with van der Waals surface area (Å²) in [7, 11) is 0. The first-order chi connectivity index (χ1) is 14.2. The summed E-state index contributed by atoms with van der Waals surface area (Å²) in [4.78, 5) is 21.1. The molecule has 0 radical (unpaired) electrons. The lowest BCUT2D eigenvalue weighted by molar-refractivity contribution is -0.118. The first-order valence-corrected chi connectivity index (χ1v) is 10.0. The molecule has 0 aliphatic carbocycles. The van der Waals surface area contributed by atoms with Crippen LogP contribution in [0.5, 0.6) is 5.75 Å². The molecule has 0 atom stereocenters. The van der Waals surface area contributed by atoms with E-state index in [2.05, 4.69) is 10.3 Å². The third-order valence-corrected chi connectivity index (χ3v) is 5.20. The highest BCUT2D eigenvalue weighted by atomic mass is 32.1. The molecule has 2 aromatic heterocycles. The highest BCUT2D eigenvalue weighted by Crippen LogP contribution is 2.29. The van der Waals surface area contributed by atoms with Crippen LogP contribution >= 0.6 is 11.3 Å². The minimum Gasteiger partial charge on any atom is -0.483 e. The van der Waals surface area contributed by atoms with Crippen molar-refractivity contribution in [3.05, 3.63) is 84.0 Å². The zero-order valence-corrected chi connectivity index (χ0v) is 16.6. The van der Waals surface area contributed by atoms with Crippen molar-refractivity contribution in [1.82, 2.24) is 9.97 Å². The molecule has 144 valence electrons. The third-order valence-electron chi connectivity index (χ3n) is 4.31. The van der Waals surface area contributed by atoms with Gasteiger partial charge in [0.2, 0.25) is 0 Å². The molecule has 0 saturated carbocycles. The molecule has 0 bridgehead atoms. The molecule has 1 N–H and O–H groups in total. The van der Waals surface area contributed by atoms with E-state index in [9.17, 15) is 4.79 Å². The van der Waals surface area contributed by atoms with Crippen molar-refractivity contribution in [3.63, 3.8) is 0 Å². The van der Waals surface area contributed by atoms with Crippen LogP contribution < -0.4 is 10.1 Å². The van der Waals surface area contributed by atoms with Crippen LogP contribution in [0.3, 0.4) is 0 Å². The molecule has 29 heavy (non-hydrogen) atoms. The summed E-state index contributed by atoms with van der Waals surface area (Å²) >= 11 is 1.57. The smallest absolute Gasteiger partial charge is 0.262 e. The third kappa shape index (κ3) is 4.67. The van der Waals surface area contributed by atoms with Gasteiger partial charge in [-0.05, 0) is 42.8 Å². The molecule has 0 unspecified atom stereocenters. The van der Waals surface area contributed by atoms with E-state index in [-0.39, 0.29) is 12.5 Å². The summed E-state index contributed by atoms with van der Waals surface area (Å²) in [6.45, 7) is 1.90. The average molecular weight is 401 g/mol. The van der Waals surface area contributed by atoms with Crippen LogP contribution in [-0.2, 0) is 4.79 Å². The van der Waals surface area contributed by atoms with Gasteiger partial charge in [-0.2, -0.15) is 0 Å². The number of nitrogens with zero attached hydrogens (tertiary/aromatic N) is 2. The van der Waals surface area contributed by atoms with E-state index < -0.39 is 0 Å². The first kappa shape index (κ1) is 18.8.